The average molecular weight is 322 g/mol. The van der Waals surface area contributed by atoms with Crippen molar-refractivity contribution in [3.63, 3.8) is 0 Å². The van der Waals surface area contributed by atoms with Gasteiger partial charge in [-0.2, -0.15) is 0 Å². The molecule has 1 amide bonds. The van der Waals surface area contributed by atoms with Gasteiger partial charge in [0.1, 0.15) is 0 Å². The molecule has 1 saturated heterocycles. The van der Waals surface area contributed by atoms with Crippen LogP contribution in [0.25, 0.3) is 0 Å². The molecular formula is C21H26N2O. The van der Waals surface area contributed by atoms with E-state index in [1.807, 2.05) is 36.1 Å². The fourth-order valence-corrected chi connectivity index (χ4v) is 3.23. The van der Waals surface area contributed by atoms with Crippen LogP contribution in [0.5, 0.6) is 0 Å². The van der Waals surface area contributed by atoms with Crippen molar-refractivity contribution < 1.29 is 4.79 Å². The van der Waals surface area contributed by atoms with Crippen LogP contribution in [0.3, 0.4) is 0 Å². The zero-order valence-electron chi connectivity index (χ0n) is 14.8. The number of hydrogen-bond acceptors (Lipinski definition) is 2. The Hall–Kier alpha value is -2.29. The summed E-state index contributed by atoms with van der Waals surface area (Å²) < 4.78 is 0. The first-order valence-corrected chi connectivity index (χ1v) is 8.72. The maximum absolute atomic E-state index is 12.7. The van der Waals surface area contributed by atoms with E-state index in [4.69, 9.17) is 0 Å². The second kappa shape index (κ2) is 7.08. The third-order valence-electron chi connectivity index (χ3n) is 4.88. The van der Waals surface area contributed by atoms with Crippen LogP contribution in [0.2, 0.25) is 0 Å². The van der Waals surface area contributed by atoms with Crippen molar-refractivity contribution in [1.82, 2.24) is 4.90 Å². The normalized spacial score (nSPS) is 17.6. The summed E-state index contributed by atoms with van der Waals surface area (Å²) in [6, 6.07) is 14.6. The molecular weight excluding hydrogens is 296 g/mol. The second-order valence-corrected chi connectivity index (χ2v) is 6.90. The zero-order chi connectivity index (χ0) is 17.1. The van der Waals surface area contributed by atoms with Crippen molar-refractivity contribution >= 4 is 11.6 Å². The number of benzene rings is 2. The summed E-state index contributed by atoms with van der Waals surface area (Å²) >= 11 is 0. The largest absolute Gasteiger partial charge is 0.381 e. The van der Waals surface area contributed by atoms with E-state index < -0.39 is 0 Å². The first-order chi connectivity index (χ1) is 11.5. The molecule has 2 aromatic rings. The number of aryl methyl sites for hydroxylation is 3. The number of nitrogens with one attached hydrogen (secondary N) is 1. The highest BCUT2D eigenvalue weighted by Crippen LogP contribution is 2.20. The van der Waals surface area contributed by atoms with Crippen LogP contribution in [-0.2, 0) is 0 Å². The van der Waals surface area contributed by atoms with E-state index in [0.29, 0.717) is 6.04 Å². The summed E-state index contributed by atoms with van der Waals surface area (Å²) in [6.45, 7) is 7.91. The predicted octanol–water partition coefficient (Wildman–Crippen LogP) is 4.33. The van der Waals surface area contributed by atoms with E-state index in [2.05, 4.69) is 37.4 Å². The van der Waals surface area contributed by atoms with Crippen LogP contribution < -0.4 is 5.32 Å². The molecule has 1 heterocycles. The van der Waals surface area contributed by atoms with Crippen molar-refractivity contribution in [2.75, 3.05) is 18.4 Å². The van der Waals surface area contributed by atoms with Crippen LogP contribution in [0.15, 0.2) is 42.5 Å². The van der Waals surface area contributed by atoms with Crippen molar-refractivity contribution in [1.29, 1.82) is 0 Å². The maximum atomic E-state index is 12.7. The van der Waals surface area contributed by atoms with Gasteiger partial charge in [-0.15, -0.1) is 0 Å². The number of anilines is 1. The molecule has 0 aliphatic carbocycles. The Morgan fingerprint density at radius 2 is 1.79 bits per heavy atom. The molecule has 1 atom stereocenters. The summed E-state index contributed by atoms with van der Waals surface area (Å²) in [7, 11) is 0. The number of likely N-dealkylation sites (tertiary alicyclic amines) is 1. The number of piperidine rings is 1. The molecule has 24 heavy (non-hydrogen) atoms. The molecule has 1 aliphatic heterocycles. The Morgan fingerprint density at radius 1 is 1.04 bits per heavy atom. The Morgan fingerprint density at radius 3 is 2.50 bits per heavy atom. The van der Waals surface area contributed by atoms with E-state index in [1.54, 1.807) is 0 Å². The fraction of sp³-hybridized carbons (Fsp3) is 0.381. The van der Waals surface area contributed by atoms with E-state index >= 15 is 0 Å². The molecule has 2 aromatic carbocycles. The molecule has 0 unspecified atom stereocenters. The molecule has 126 valence electrons. The van der Waals surface area contributed by atoms with Gasteiger partial charge in [-0.3, -0.25) is 4.79 Å². The van der Waals surface area contributed by atoms with E-state index in [1.165, 1.54) is 16.7 Å². The summed E-state index contributed by atoms with van der Waals surface area (Å²) in [5, 5.41) is 3.60. The molecule has 1 aliphatic rings. The van der Waals surface area contributed by atoms with Gasteiger partial charge in [-0.05, 0) is 69.0 Å². The van der Waals surface area contributed by atoms with E-state index in [-0.39, 0.29) is 5.91 Å². The standard InChI is InChI=1S/C21H26N2O/c1-15-6-9-18(10-7-15)21(24)23-12-4-5-20(14-23)22-19-11-8-16(2)17(3)13-19/h6-11,13,20,22H,4-5,12,14H2,1-3H3/t20-/m0/s1. The average Bonchev–Trinajstić information content (AvgIpc) is 2.58. The van der Waals surface area contributed by atoms with Gasteiger partial charge >= 0.3 is 0 Å². The third-order valence-corrected chi connectivity index (χ3v) is 4.88. The number of nitrogens with zero attached hydrogens (tertiary/aromatic N) is 1. The summed E-state index contributed by atoms with van der Waals surface area (Å²) in [5.41, 5.74) is 5.71. The van der Waals surface area contributed by atoms with Gasteiger partial charge in [-0.1, -0.05) is 23.8 Å². The van der Waals surface area contributed by atoms with Gasteiger partial charge in [0, 0.05) is 30.4 Å². The summed E-state index contributed by atoms with van der Waals surface area (Å²) in [6.07, 6.45) is 2.14. The Balaban J connectivity index is 1.66. The highest BCUT2D eigenvalue weighted by molar-refractivity contribution is 5.94. The first kappa shape index (κ1) is 16.6. The van der Waals surface area contributed by atoms with Gasteiger partial charge < -0.3 is 10.2 Å². The quantitative estimate of drug-likeness (QED) is 0.912. The molecule has 1 N–H and O–H groups in total. The van der Waals surface area contributed by atoms with Gasteiger partial charge in [-0.25, -0.2) is 0 Å². The van der Waals surface area contributed by atoms with E-state index in [0.717, 1.165) is 37.2 Å². The lowest BCUT2D eigenvalue weighted by molar-refractivity contribution is 0.0715. The second-order valence-electron chi connectivity index (χ2n) is 6.90. The zero-order valence-corrected chi connectivity index (χ0v) is 14.8. The van der Waals surface area contributed by atoms with Crippen LogP contribution in [-0.4, -0.2) is 29.9 Å². The minimum absolute atomic E-state index is 0.140. The van der Waals surface area contributed by atoms with Crippen molar-refractivity contribution in [2.24, 2.45) is 0 Å². The molecule has 0 saturated carbocycles. The predicted molar refractivity (Wildman–Crippen MR) is 99.6 cm³/mol. The van der Waals surface area contributed by atoms with Gasteiger partial charge in [0.15, 0.2) is 0 Å². The number of rotatable bonds is 3. The number of carbonyl (C=O) groups excluding carboxylic acids is 1. The molecule has 1 fully saturated rings. The van der Waals surface area contributed by atoms with Crippen LogP contribution >= 0.6 is 0 Å². The smallest absolute Gasteiger partial charge is 0.253 e. The van der Waals surface area contributed by atoms with Crippen LogP contribution in [0, 0.1) is 20.8 Å². The highest BCUT2D eigenvalue weighted by atomic mass is 16.2. The van der Waals surface area contributed by atoms with E-state index in [9.17, 15) is 4.79 Å². The Kier molecular flexibility index (Phi) is 4.89. The highest BCUT2D eigenvalue weighted by Gasteiger charge is 2.24. The van der Waals surface area contributed by atoms with Crippen LogP contribution in [0.1, 0.15) is 39.9 Å². The Labute approximate surface area is 144 Å². The maximum Gasteiger partial charge on any atom is 0.253 e. The van der Waals surface area contributed by atoms with Crippen molar-refractivity contribution in [3.05, 3.63) is 64.7 Å². The molecule has 3 heteroatoms. The topological polar surface area (TPSA) is 32.3 Å². The third kappa shape index (κ3) is 3.78. The van der Waals surface area contributed by atoms with Crippen molar-refractivity contribution in [3.8, 4) is 0 Å². The Bertz CT molecular complexity index is 721. The first-order valence-electron chi connectivity index (χ1n) is 8.72. The minimum atomic E-state index is 0.140. The molecule has 0 radical (unpaired) electrons. The summed E-state index contributed by atoms with van der Waals surface area (Å²) in [5.74, 6) is 0.140. The number of carbonyl (C=O) groups is 1. The summed E-state index contributed by atoms with van der Waals surface area (Å²) in [4.78, 5) is 14.7. The lowest BCUT2D eigenvalue weighted by Crippen LogP contribution is -2.45. The number of amides is 1. The lowest BCUT2D eigenvalue weighted by atomic mass is 10.0. The fourth-order valence-electron chi connectivity index (χ4n) is 3.23. The molecule has 3 nitrogen and oxygen atoms in total. The molecule has 0 bridgehead atoms. The van der Waals surface area contributed by atoms with Gasteiger partial charge in [0.05, 0.1) is 0 Å². The lowest BCUT2D eigenvalue weighted by Gasteiger charge is -2.34. The van der Waals surface area contributed by atoms with Crippen molar-refractivity contribution in [2.45, 2.75) is 39.7 Å². The van der Waals surface area contributed by atoms with Crippen LogP contribution in [0.4, 0.5) is 5.69 Å². The SMILES string of the molecule is Cc1ccc(C(=O)N2CCC[C@H](Nc3ccc(C)c(C)c3)C2)cc1. The minimum Gasteiger partial charge on any atom is -0.381 e. The molecule has 3 rings (SSSR count). The molecule has 0 aromatic heterocycles. The van der Waals surface area contributed by atoms with Gasteiger partial charge in [0.25, 0.3) is 5.91 Å². The monoisotopic (exact) mass is 322 g/mol. The van der Waals surface area contributed by atoms with Gasteiger partial charge in [0.2, 0.25) is 0 Å². The molecule has 0 spiro atoms. The number of hydrogen-bond donors (Lipinski definition) is 1.